The molecule has 136 valence electrons. The van der Waals surface area contributed by atoms with Crippen molar-refractivity contribution in [1.29, 1.82) is 0 Å². The summed E-state index contributed by atoms with van der Waals surface area (Å²) in [6, 6.07) is 12.6. The zero-order chi connectivity index (χ0) is 18.5. The number of carbonyl (C=O) groups is 2. The molecule has 26 heavy (non-hydrogen) atoms. The van der Waals surface area contributed by atoms with E-state index in [9.17, 15) is 9.59 Å². The number of nitrogens with one attached hydrogen (secondary N) is 2. The van der Waals surface area contributed by atoms with Crippen LogP contribution in [0, 0.1) is 0 Å². The maximum atomic E-state index is 12.3. The fourth-order valence-corrected chi connectivity index (χ4v) is 3.95. The molecule has 0 radical (unpaired) electrons. The summed E-state index contributed by atoms with van der Waals surface area (Å²) in [6.07, 6.45) is 2.03. The lowest BCUT2D eigenvalue weighted by Crippen LogP contribution is -2.27. The maximum Gasteiger partial charge on any atom is 0.253 e. The van der Waals surface area contributed by atoms with Crippen molar-refractivity contribution < 1.29 is 9.59 Å². The molecule has 4 nitrogen and oxygen atoms in total. The second-order valence-corrected chi connectivity index (χ2v) is 7.83. The van der Waals surface area contributed by atoms with Gasteiger partial charge in [0.05, 0.1) is 17.0 Å². The highest BCUT2D eigenvalue weighted by Crippen LogP contribution is 2.28. The van der Waals surface area contributed by atoms with Crippen LogP contribution < -0.4 is 10.6 Å². The lowest BCUT2D eigenvalue weighted by molar-refractivity contribution is -0.113. The molecule has 0 heterocycles. The fourth-order valence-electron chi connectivity index (χ4n) is 2.38. The van der Waals surface area contributed by atoms with Crippen LogP contribution in [0.4, 0.5) is 5.69 Å². The van der Waals surface area contributed by atoms with E-state index in [0.29, 0.717) is 27.0 Å². The number of anilines is 1. The number of benzene rings is 2. The van der Waals surface area contributed by atoms with Crippen LogP contribution in [-0.2, 0) is 10.5 Å². The molecule has 0 atom stereocenters. The van der Waals surface area contributed by atoms with Gasteiger partial charge in [0.25, 0.3) is 5.91 Å². The van der Waals surface area contributed by atoms with Gasteiger partial charge in [-0.2, -0.15) is 0 Å². The summed E-state index contributed by atoms with van der Waals surface area (Å²) in [6.45, 7) is 0. The largest absolute Gasteiger partial charge is 0.349 e. The molecule has 0 unspecified atom stereocenters. The zero-order valence-electron chi connectivity index (χ0n) is 13.9. The highest BCUT2D eigenvalue weighted by Gasteiger charge is 2.25. The summed E-state index contributed by atoms with van der Waals surface area (Å²) < 4.78 is 0. The Labute approximate surface area is 166 Å². The molecule has 1 fully saturated rings. The first-order chi connectivity index (χ1) is 12.5. The summed E-state index contributed by atoms with van der Waals surface area (Å²) in [5.41, 5.74) is 1.82. The van der Waals surface area contributed by atoms with Crippen molar-refractivity contribution in [3.63, 3.8) is 0 Å². The summed E-state index contributed by atoms with van der Waals surface area (Å²) in [7, 11) is 0. The van der Waals surface area contributed by atoms with Gasteiger partial charge in [0, 0.05) is 21.8 Å². The maximum absolute atomic E-state index is 12.3. The van der Waals surface area contributed by atoms with E-state index in [2.05, 4.69) is 10.6 Å². The summed E-state index contributed by atoms with van der Waals surface area (Å²) in [4.78, 5) is 24.5. The van der Waals surface area contributed by atoms with Gasteiger partial charge >= 0.3 is 0 Å². The van der Waals surface area contributed by atoms with Crippen LogP contribution in [0.15, 0.2) is 42.5 Å². The first kappa shape index (κ1) is 19.1. The van der Waals surface area contributed by atoms with Gasteiger partial charge in [-0.3, -0.25) is 9.59 Å². The van der Waals surface area contributed by atoms with Crippen molar-refractivity contribution in [2.75, 3.05) is 11.1 Å². The smallest absolute Gasteiger partial charge is 0.253 e. The SMILES string of the molecule is O=C(CSCc1c(Cl)cccc1Cl)Nc1ccccc1C(=O)NC1CC1. The lowest BCUT2D eigenvalue weighted by atomic mass is 10.1. The number of hydrogen-bond donors (Lipinski definition) is 2. The normalized spacial score (nSPS) is 13.3. The molecule has 2 aromatic rings. The Morgan fingerprint density at radius 1 is 1.04 bits per heavy atom. The molecule has 0 saturated heterocycles. The van der Waals surface area contributed by atoms with Gasteiger partial charge < -0.3 is 10.6 Å². The molecule has 2 N–H and O–H groups in total. The Morgan fingerprint density at radius 3 is 2.42 bits per heavy atom. The predicted molar refractivity (Wildman–Crippen MR) is 108 cm³/mol. The molecule has 0 bridgehead atoms. The molecular formula is C19H18Cl2N2O2S. The molecular weight excluding hydrogens is 391 g/mol. The van der Waals surface area contributed by atoms with Crippen LogP contribution in [0.2, 0.25) is 10.0 Å². The summed E-state index contributed by atoms with van der Waals surface area (Å²) in [5, 5.41) is 6.93. The fraction of sp³-hybridized carbons (Fsp3) is 0.263. The van der Waals surface area contributed by atoms with E-state index in [1.54, 1.807) is 42.5 Å². The van der Waals surface area contributed by atoms with Crippen molar-refractivity contribution in [1.82, 2.24) is 5.32 Å². The number of carbonyl (C=O) groups excluding carboxylic acids is 2. The van der Waals surface area contributed by atoms with E-state index in [0.717, 1.165) is 18.4 Å². The minimum Gasteiger partial charge on any atom is -0.349 e. The van der Waals surface area contributed by atoms with Crippen LogP contribution in [0.25, 0.3) is 0 Å². The third kappa shape index (κ3) is 5.16. The predicted octanol–water partition coefficient (Wildman–Crippen LogP) is 4.76. The van der Waals surface area contributed by atoms with Gasteiger partial charge in [-0.1, -0.05) is 41.4 Å². The van der Waals surface area contributed by atoms with Crippen LogP contribution in [0.3, 0.4) is 0 Å². The molecule has 0 aromatic heterocycles. The highest BCUT2D eigenvalue weighted by atomic mass is 35.5. The third-order valence-corrected chi connectivity index (χ3v) is 5.57. The van der Waals surface area contributed by atoms with Crippen molar-refractivity contribution in [3.8, 4) is 0 Å². The van der Waals surface area contributed by atoms with Gasteiger partial charge in [-0.05, 0) is 42.7 Å². The van der Waals surface area contributed by atoms with Crippen LogP contribution in [0.1, 0.15) is 28.8 Å². The highest BCUT2D eigenvalue weighted by molar-refractivity contribution is 7.99. The average molecular weight is 409 g/mol. The third-order valence-electron chi connectivity index (χ3n) is 3.90. The van der Waals surface area contributed by atoms with E-state index in [1.807, 2.05) is 0 Å². The van der Waals surface area contributed by atoms with Gasteiger partial charge in [-0.15, -0.1) is 11.8 Å². The standard InChI is InChI=1S/C19H18Cl2N2O2S/c20-15-5-3-6-16(21)14(15)10-26-11-18(24)23-17-7-2-1-4-13(17)19(25)22-12-8-9-12/h1-7,12H,8-11H2,(H,22,25)(H,23,24). The van der Waals surface area contributed by atoms with Crippen molar-refractivity contribution >= 4 is 52.5 Å². The van der Waals surface area contributed by atoms with E-state index in [4.69, 9.17) is 23.2 Å². The first-order valence-corrected chi connectivity index (χ1v) is 10.2. The monoisotopic (exact) mass is 408 g/mol. The van der Waals surface area contributed by atoms with Crippen molar-refractivity contribution in [3.05, 3.63) is 63.6 Å². The lowest BCUT2D eigenvalue weighted by Gasteiger charge is -2.11. The Bertz CT molecular complexity index is 805. The van der Waals surface area contributed by atoms with E-state index in [1.165, 1.54) is 11.8 Å². The number of para-hydroxylation sites is 1. The second kappa shape index (κ2) is 8.80. The topological polar surface area (TPSA) is 58.2 Å². The molecule has 2 aromatic carbocycles. The minimum atomic E-state index is -0.176. The van der Waals surface area contributed by atoms with Crippen LogP contribution in [0.5, 0.6) is 0 Å². The Kier molecular flexibility index (Phi) is 6.46. The van der Waals surface area contributed by atoms with Gasteiger partial charge in [0.2, 0.25) is 5.91 Å². The molecule has 2 amide bonds. The molecule has 1 aliphatic rings. The number of hydrogen-bond acceptors (Lipinski definition) is 3. The van der Waals surface area contributed by atoms with Gasteiger partial charge in [0.15, 0.2) is 0 Å². The number of rotatable bonds is 7. The molecule has 7 heteroatoms. The zero-order valence-corrected chi connectivity index (χ0v) is 16.3. The van der Waals surface area contributed by atoms with Crippen molar-refractivity contribution in [2.45, 2.75) is 24.6 Å². The molecule has 3 rings (SSSR count). The van der Waals surface area contributed by atoms with Crippen LogP contribution >= 0.6 is 35.0 Å². The number of halogens is 2. The average Bonchev–Trinajstić information content (AvgIpc) is 3.42. The first-order valence-electron chi connectivity index (χ1n) is 8.25. The minimum absolute atomic E-state index is 0.154. The van der Waals surface area contributed by atoms with Gasteiger partial charge in [0.1, 0.15) is 0 Å². The van der Waals surface area contributed by atoms with Gasteiger partial charge in [-0.25, -0.2) is 0 Å². The number of thioether (sulfide) groups is 1. The number of amides is 2. The summed E-state index contributed by atoms with van der Waals surface area (Å²) in [5.74, 6) is 0.444. The Morgan fingerprint density at radius 2 is 1.73 bits per heavy atom. The van der Waals surface area contributed by atoms with E-state index < -0.39 is 0 Å². The molecule has 0 spiro atoms. The summed E-state index contributed by atoms with van der Waals surface area (Å²) >= 11 is 13.7. The molecule has 1 aliphatic carbocycles. The van der Waals surface area contributed by atoms with Crippen molar-refractivity contribution in [2.24, 2.45) is 0 Å². The van der Waals surface area contributed by atoms with Crippen LogP contribution in [-0.4, -0.2) is 23.6 Å². The molecule has 1 saturated carbocycles. The quantitative estimate of drug-likeness (QED) is 0.694. The second-order valence-electron chi connectivity index (χ2n) is 6.03. The van der Waals surface area contributed by atoms with E-state index >= 15 is 0 Å². The Balaban J connectivity index is 1.56. The molecule has 0 aliphatic heterocycles. The van der Waals surface area contributed by atoms with E-state index in [-0.39, 0.29) is 23.6 Å². The Hall–Kier alpha value is -1.69.